The molecule has 0 saturated carbocycles. The predicted molar refractivity (Wildman–Crippen MR) is 58.3 cm³/mol. The number of aliphatic hydroxyl groups is 4. The first kappa shape index (κ1) is 13.8. The zero-order valence-corrected chi connectivity index (χ0v) is 9.72. The van der Waals surface area contributed by atoms with E-state index in [1.807, 2.05) is 6.92 Å². The Hall–Kier alpha value is -1.27. The maximum absolute atomic E-state index is 11.2. The van der Waals surface area contributed by atoms with Crippen LogP contribution < -0.4 is 0 Å². The largest absolute Gasteiger partial charge is 0.505 e. The average molecular weight is 246 g/mol. The second-order valence-electron chi connectivity index (χ2n) is 4.13. The molecule has 6 heteroatoms. The van der Waals surface area contributed by atoms with Crippen LogP contribution in [-0.2, 0) is 9.53 Å². The molecule has 0 bridgehead atoms. The van der Waals surface area contributed by atoms with Crippen molar-refractivity contribution in [1.82, 2.24) is 0 Å². The lowest BCUT2D eigenvalue weighted by molar-refractivity contribution is -0.165. The fourth-order valence-electron chi connectivity index (χ4n) is 1.91. The second kappa shape index (κ2) is 5.37. The van der Waals surface area contributed by atoms with Crippen molar-refractivity contribution in [2.45, 2.75) is 44.3 Å². The van der Waals surface area contributed by atoms with Gasteiger partial charge in [0.1, 0.15) is 6.10 Å². The number of carbonyl (C=O) groups is 1. The molecular formula is C11H18O6. The molecule has 0 aromatic rings. The van der Waals surface area contributed by atoms with Crippen LogP contribution in [0, 0.1) is 0 Å². The third-order valence-electron chi connectivity index (χ3n) is 2.96. The normalized spacial score (nSPS) is 26.2. The molecule has 1 aliphatic rings. The standard InChI is InChI=1S/C11H18O6/c1-2-3-4-5-11(7(13)6-12)9(15)8(14)10(16)17-11/h7,12-15H,2-6H2,1H3/t7-,11+/m0/s1. The topological polar surface area (TPSA) is 107 Å². The lowest BCUT2D eigenvalue weighted by atomic mass is 9.88. The maximum Gasteiger partial charge on any atom is 0.378 e. The van der Waals surface area contributed by atoms with E-state index in [1.165, 1.54) is 0 Å². The lowest BCUT2D eigenvalue weighted by Gasteiger charge is -2.31. The van der Waals surface area contributed by atoms with Crippen molar-refractivity contribution < 1.29 is 30.0 Å². The Balaban J connectivity index is 2.93. The quantitative estimate of drug-likeness (QED) is 0.402. The Morgan fingerprint density at radius 1 is 1.35 bits per heavy atom. The summed E-state index contributed by atoms with van der Waals surface area (Å²) in [6.45, 7) is 1.31. The molecule has 0 aromatic heterocycles. The van der Waals surface area contributed by atoms with Crippen LogP contribution in [0.25, 0.3) is 0 Å². The van der Waals surface area contributed by atoms with Crippen molar-refractivity contribution in [3.8, 4) is 0 Å². The van der Waals surface area contributed by atoms with Crippen molar-refractivity contribution in [2.24, 2.45) is 0 Å². The van der Waals surface area contributed by atoms with Gasteiger partial charge < -0.3 is 25.2 Å². The second-order valence-corrected chi connectivity index (χ2v) is 4.13. The van der Waals surface area contributed by atoms with E-state index >= 15 is 0 Å². The van der Waals surface area contributed by atoms with Gasteiger partial charge in [0.25, 0.3) is 0 Å². The number of hydrogen-bond donors (Lipinski definition) is 4. The van der Waals surface area contributed by atoms with E-state index in [-0.39, 0.29) is 6.42 Å². The van der Waals surface area contributed by atoms with Gasteiger partial charge >= 0.3 is 5.97 Å². The molecule has 1 heterocycles. The Labute approximate surface area is 99.1 Å². The lowest BCUT2D eigenvalue weighted by Crippen LogP contribution is -2.47. The van der Waals surface area contributed by atoms with Gasteiger partial charge in [-0.1, -0.05) is 19.8 Å². The smallest absolute Gasteiger partial charge is 0.378 e. The van der Waals surface area contributed by atoms with Crippen LogP contribution >= 0.6 is 0 Å². The molecule has 0 radical (unpaired) electrons. The molecule has 17 heavy (non-hydrogen) atoms. The number of unbranched alkanes of at least 4 members (excludes halogenated alkanes) is 2. The minimum atomic E-state index is -1.70. The highest BCUT2D eigenvalue weighted by Gasteiger charge is 2.53. The van der Waals surface area contributed by atoms with E-state index in [0.717, 1.165) is 12.8 Å². The molecule has 1 aliphatic heterocycles. The van der Waals surface area contributed by atoms with Crippen molar-refractivity contribution in [1.29, 1.82) is 0 Å². The van der Waals surface area contributed by atoms with Crippen LogP contribution in [0.5, 0.6) is 0 Å². The highest BCUT2D eigenvalue weighted by atomic mass is 16.6. The molecule has 0 spiro atoms. The highest BCUT2D eigenvalue weighted by molar-refractivity contribution is 5.90. The maximum atomic E-state index is 11.2. The van der Waals surface area contributed by atoms with Gasteiger partial charge in [0.15, 0.2) is 5.76 Å². The van der Waals surface area contributed by atoms with Gasteiger partial charge in [0.05, 0.1) is 6.61 Å². The van der Waals surface area contributed by atoms with Crippen molar-refractivity contribution >= 4 is 5.97 Å². The fourth-order valence-corrected chi connectivity index (χ4v) is 1.91. The zero-order valence-electron chi connectivity index (χ0n) is 9.72. The summed E-state index contributed by atoms with van der Waals surface area (Å²) in [5, 5.41) is 37.6. The average Bonchev–Trinajstić information content (AvgIpc) is 2.54. The van der Waals surface area contributed by atoms with Crippen molar-refractivity contribution in [2.75, 3.05) is 6.61 Å². The van der Waals surface area contributed by atoms with E-state index in [9.17, 15) is 20.1 Å². The summed E-state index contributed by atoms with van der Waals surface area (Å²) in [5.41, 5.74) is -1.70. The van der Waals surface area contributed by atoms with Crippen LogP contribution in [-0.4, -0.2) is 44.7 Å². The monoisotopic (exact) mass is 246 g/mol. The minimum Gasteiger partial charge on any atom is -0.505 e. The Kier molecular flexibility index (Phi) is 4.36. The fraction of sp³-hybridized carbons (Fsp3) is 0.727. The summed E-state index contributed by atoms with van der Waals surface area (Å²) in [5.74, 6) is -2.67. The van der Waals surface area contributed by atoms with E-state index in [4.69, 9.17) is 9.84 Å². The molecule has 1 rings (SSSR count). The van der Waals surface area contributed by atoms with Crippen LogP contribution in [0.3, 0.4) is 0 Å². The first-order valence-electron chi connectivity index (χ1n) is 5.64. The van der Waals surface area contributed by atoms with Crippen molar-refractivity contribution in [3.05, 3.63) is 11.5 Å². The van der Waals surface area contributed by atoms with Gasteiger partial charge in [0, 0.05) is 0 Å². The SMILES string of the molecule is CCCCC[C@]1([C@@H](O)CO)OC(=O)C(O)=C1O. The minimum absolute atomic E-state index is 0.157. The number of hydrogen-bond acceptors (Lipinski definition) is 6. The van der Waals surface area contributed by atoms with Crippen molar-refractivity contribution in [3.63, 3.8) is 0 Å². The first-order valence-corrected chi connectivity index (χ1v) is 5.64. The molecule has 0 aromatic carbocycles. The van der Waals surface area contributed by atoms with Gasteiger partial charge in [0.2, 0.25) is 11.4 Å². The summed E-state index contributed by atoms with van der Waals surface area (Å²) in [6.07, 6.45) is 1.04. The molecule has 6 nitrogen and oxygen atoms in total. The van der Waals surface area contributed by atoms with Crippen LogP contribution in [0.15, 0.2) is 11.5 Å². The molecule has 0 saturated heterocycles. The summed E-state index contributed by atoms with van der Waals surface area (Å²) in [7, 11) is 0. The number of ether oxygens (including phenoxy) is 1. The van der Waals surface area contributed by atoms with Gasteiger partial charge in [-0.05, 0) is 12.8 Å². The number of rotatable bonds is 6. The van der Waals surface area contributed by atoms with E-state index in [0.29, 0.717) is 6.42 Å². The zero-order chi connectivity index (χ0) is 13.1. The Morgan fingerprint density at radius 2 is 2.00 bits per heavy atom. The third kappa shape index (κ3) is 2.37. The van der Waals surface area contributed by atoms with Gasteiger partial charge in [-0.25, -0.2) is 4.79 Å². The summed E-state index contributed by atoms with van der Waals surface area (Å²) in [6, 6.07) is 0. The molecule has 0 unspecified atom stereocenters. The van der Waals surface area contributed by atoms with E-state index in [2.05, 4.69) is 0 Å². The summed E-state index contributed by atoms with van der Waals surface area (Å²) < 4.78 is 4.85. The van der Waals surface area contributed by atoms with E-state index < -0.39 is 35.8 Å². The number of carbonyl (C=O) groups excluding carboxylic acids is 1. The molecule has 0 fully saturated rings. The summed E-state index contributed by atoms with van der Waals surface area (Å²) in [4.78, 5) is 11.2. The predicted octanol–water partition coefficient (Wildman–Crippen LogP) is 0.543. The van der Waals surface area contributed by atoms with E-state index in [1.54, 1.807) is 0 Å². The van der Waals surface area contributed by atoms with Gasteiger partial charge in [-0.15, -0.1) is 0 Å². The Bertz CT molecular complexity index is 324. The molecule has 2 atom stereocenters. The number of aliphatic hydroxyl groups excluding tert-OH is 4. The van der Waals surface area contributed by atoms with Gasteiger partial charge in [-0.2, -0.15) is 0 Å². The van der Waals surface area contributed by atoms with Gasteiger partial charge in [-0.3, -0.25) is 0 Å². The Morgan fingerprint density at radius 3 is 2.41 bits per heavy atom. The third-order valence-corrected chi connectivity index (χ3v) is 2.96. The van der Waals surface area contributed by atoms with Crippen LogP contribution in [0.2, 0.25) is 0 Å². The molecular weight excluding hydrogens is 228 g/mol. The first-order chi connectivity index (χ1) is 7.99. The van der Waals surface area contributed by atoms with Crippen LogP contribution in [0.1, 0.15) is 32.6 Å². The number of cyclic esters (lactones) is 1. The van der Waals surface area contributed by atoms with Crippen LogP contribution in [0.4, 0.5) is 0 Å². The molecule has 0 amide bonds. The highest BCUT2D eigenvalue weighted by Crippen LogP contribution is 2.37. The molecule has 4 N–H and O–H groups in total. The molecule has 98 valence electrons. The molecule has 0 aliphatic carbocycles. The number of esters is 1. The summed E-state index contributed by atoms with van der Waals surface area (Å²) >= 11 is 0.